The van der Waals surface area contributed by atoms with Crippen molar-refractivity contribution in [3.8, 4) is 0 Å². The van der Waals surface area contributed by atoms with Gasteiger partial charge in [0.2, 0.25) is 0 Å². The number of methoxy groups -OCH3 is 1. The van der Waals surface area contributed by atoms with Gasteiger partial charge in [-0.2, -0.15) is 0 Å². The summed E-state index contributed by atoms with van der Waals surface area (Å²) in [5.41, 5.74) is 1.64. The summed E-state index contributed by atoms with van der Waals surface area (Å²) in [5, 5.41) is 3.36. The van der Waals surface area contributed by atoms with Gasteiger partial charge in [0.05, 0.1) is 17.6 Å². The summed E-state index contributed by atoms with van der Waals surface area (Å²) in [5.74, 6) is -0.296. The predicted octanol–water partition coefficient (Wildman–Crippen LogP) is 1.99. The topological polar surface area (TPSA) is 41.6 Å². The van der Waals surface area contributed by atoms with E-state index in [0.717, 1.165) is 18.8 Å². The Morgan fingerprint density at radius 2 is 2.33 bits per heavy atom. The number of ether oxygens (including phenoxy) is 1. The van der Waals surface area contributed by atoms with Gasteiger partial charge in [-0.25, -0.2) is 4.79 Å². The highest BCUT2D eigenvalue weighted by Crippen LogP contribution is 2.22. The average Bonchev–Trinajstić information content (AvgIpc) is 2.40. The van der Waals surface area contributed by atoms with Gasteiger partial charge >= 0.3 is 5.97 Å². The maximum Gasteiger partial charge on any atom is 0.337 e. The third-order valence-corrected chi connectivity index (χ3v) is 3.74. The minimum absolute atomic E-state index is 0.274. The Bertz CT molecular complexity index is 439. The molecule has 1 aromatic rings. The number of carbonyl (C=O) groups excluding carboxylic acids is 1. The van der Waals surface area contributed by atoms with Crippen molar-refractivity contribution in [3.05, 3.63) is 29.8 Å². The van der Waals surface area contributed by atoms with Gasteiger partial charge in [0.1, 0.15) is 0 Å². The second-order valence-corrected chi connectivity index (χ2v) is 5.52. The van der Waals surface area contributed by atoms with E-state index < -0.39 is 0 Å². The van der Waals surface area contributed by atoms with Crippen LogP contribution in [0.5, 0.6) is 0 Å². The lowest BCUT2D eigenvalue weighted by Gasteiger charge is -2.38. The molecule has 1 fully saturated rings. The molecule has 0 radical (unpaired) electrons. The largest absolute Gasteiger partial charge is 0.465 e. The summed E-state index contributed by atoms with van der Waals surface area (Å²) in [6.07, 6.45) is 0. The number of esters is 1. The first-order chi connectivity index (χ1) is 8.61. The summed E-state index contributed by atoms with van der Waals surface area (Å²) < 4.78 is 4.75. The van der Waals surface area contributed by atoms with E-state index in [-0.39, 0.29) is 10.9 Å². The molecule has 2 unspecified atom stereocenters. The van der Waals surface area contributed by atoms with E-state index >= 15 is 0 Å². The van der Waals surface area contributed by atoms with E-state index in [0.29, 0.717) is 11.6 Å². The van der Waals surface area contributed by atoms with E-state index in [9.17, 15) is 4.79 Å². The highest BCUT2D eigenvalue weighted by atomic mass is 79.9. The number of rotatable bonds is 2. The Morgan fingerprint density at radius 1 is 1.56 bits per heavy atom. The smallest absolute Gasteiger partial charge is 0.337 e. The van der Waals surface area contributed by atoms with Crippen molar-refractivity contribution in [2.24, 2.45) is 0 Å². The van der Waals surface area contributed by atoms with Crippen molar-refractivity contribution in [1.82, 2.24) is 5.32 Å². The maximum absolute atomic E-state index is 11.5. The highest BCUT2D eigenvalue weighted by molar-refractivity contribution is 9.09. The fourth-order valence-electron chi connectivity index (χ4n) is 2.12. The molecule has 0 amide bonds. The lowest BCUT2D eigenvalue weighted by atomic mass is 10.1. The molecular formula is C13H17BrN2O2. The lowest BCUT2D eigenvalue weighted by Crippen LogP contribution is -2.53. The van der Waals surface area contributed by atoms with Crippen LogP contribution in [-0.4, -0.2) is 37.2 Å². The van der Waals surface area contributed by atoms with E-state index in [1.54, 1.807) is 6.07 Å². The van der Waals surface area contributed by atoms with Crippen molar-refractivity contribution in [2.45, 2.75) is 17.9 Å². The van der Waals surface area contributed by atoms with Crippen LogP contribution in [0.25, 0.3) is 0 Å². The molecule has 0 aliphatic carbocycles. The van der Waals surface area contributed by atoms with Crippen molar-refractivity contribution in [1.29, 1.82) is 0 Å². The van der Waals surface area contributed by atoms with E-state index in [2.05, 4.69) is 33.1 Å². The molecule has 0 bridgehead atoms. The first-order valence-electron chi connectivity index (χ1n) is 5.94. The van der Waals surface area contributed by atoms with Gasteiger partial charge in [-0.3, -0.25) is 0 Å². The van der Waals surface area contributed by atoms with Gasteiger partial charge in [-0.15, -0.1) is 0 Å². The summed E-state index contributed by atoms with van der Waals surface area (Å²) in [7, 11) is 1.40. The molecule has 2 rings (SSSR count). The van der Waals surface area contributed by atoms with Gasteiger partial charge in [0.15, 0.2) is 0 Å². The van der Waals surface area contributed by atoms with Crippen LogP contribution in [0.3, 0.4) is 0 Å². The molecule has 1 aliphatic heterocycles. The number of hydrogen-bond acceptors (Lipinski definition) is 4. The number of alkyl halides is 1. The summed E-state index contributed by atoms with van der Waals surface area (Å²) in [6.45, 7) is 3.95. The Labute approximate surface area is 115 Å². The van der Waals surface area contributed by atoms with E-state index in [1.165, 1.54) is 7.11 Å². The lowest BCUT2D eigenvalue weighted by molar-refractivity contribution is 0.0601. The second kappa shape index (κ2) is 5.71. The fraction of sp³-hybridized carbons (Fsp3) is 0.462. The summed E-state index contributed by atoms with van der Waals surface area (Å²) in [6, 6.07) is 7.96. The first kappa shape index (κ1) is 13.4. The Hall–Kier alpha value is -1.07. The molecule has 1 aromatic carbocycles. The number of nitrogens with one attached hydrogen (secondary N) is 1. The number of anilines is 1. The molecule has 0 spiro atoms. The second-order valence-electron chi connectivity index (χ2n) is 4.42. The number of carbonyl (C=O) groups is 1. The molecule has 0 aromatic heterocycles. The Kier molecular flexibility index (Phi) is 4.24. The standard InChI is InChI=1S/C13H17BrN2O2/c1-9-7-15-12(14)8-16(9)11-5-3-4-10(6-11)13(17)18-2/h3-6,9,12,15H,7-8H2,1-2H3. The Morgan fingerprint density at radius 3 is 3.06 bits per heavy atom. The van der Waals surface area contributed by atoms with Crippen LogP contribution in [0.4, 0.5) is 5.69 Å². The number of nitrogens with zero attached hydrogens (tertiary/aromatic N) is 1. The van der Waals surface area contributed by atoms with Crippen LogP contribution in [0.15, 0.2) is 24.3 Å². The Balaban J connectivity index is 2.24. The van der Waals surface area contributed by atoms with Crippen molar-refractivity contribution >= 4 is 27.6 Å². The molecule has 0 saturated carbocycles. The minimum atomic E-state index is -0.296. The third kappa shape index (κ3) is 2.84. The number of benzene rings is 1. The molecule has 18 heavy (non-hydrogen) atoms. The SMILES string of the molecule is COC(=O)c1cccc(N2CC(Br)NCC2C)c1. The van der Waals surface area contributed by atoms with Crippen LogP contribution in [0.1, 0.15) is 17.3 Å². The third-order valence-electron chi connectivity index (χ3n) is 3.12. The molecule has 1 heterocycles. The number of halogens is 1. The fourth-order valence-corrected chi connectivity index (χ4v) is 2.61. The van der Waals surface area contributed by atoms with Crippen molar-refractivity contribution in [3.63, 3.8) is 0 Å². The molecule has 5 heteroatoms. The number of hydrogen-bond donors (Lipinski definition) is 1. The van der Waals surface area contributed by atoms with Gasteiger partial charge in [0.25, 0.3) is 0 Å². The van der Waals surface area contributed by atoms with Gasteiger partial charge < -0.3 is 15.0 Å². The summed E-state index contributed by atoms with van der Waals surface area (Å²) in [4.78, 5) is 14.1. The van der Waals surface area contributed by atoms with Crippen LogP contribution in [-0.2, 0) is 4.74 Å². The highest BCUT2D eigenvalue weighted by Gasteiger charge is 2.23. The molecular weight excluding hydrogens is 296 g/mol. The molecule has 1 saturated heterocycles. The quantitative estimate of drug-likeness (QED) is 0.515. The number of piperazine rings is 1. The normalized spacial score (nSPS) is 23.8. The van der Waals surface area contributed by atoms with E-state index in [1.807, 2.05) is 18.2 Å². The molecule has 98 valence electrons. The zero-order valence-electron chi connectivity index (χ0n) is 10.5. The first-order valence-corrected chi connectivity index (χ1v) is 6.86. The van der Waals surface area contributed by atoms with E-state index in [4.69, 9.17) is 4.74 Å². The minimum Gasteiger partial charge on any atom is -0.465 e. The maximum atomic E-state index is 11.5. The monoisotopic (exact) mass is 312 g/mol. The molecule has 1 N–H and O–H groups in total. The van der Waals surface area contributed by atoms with Crippen LogP contribution >= 0.6 is 15.9 Å². The van der Waals surface area contributed by atoms with Crippen LogP contribution < -0.4 is 10.2 Å². The van der Waals surface area contributed by atoms with Gasteiger partial charge in [-0.1, -0.05) is 22.0 Å². The zero-order valence-corrected chi connectivity index (χ0v) is 12.1. The summed E-state index contributed by atoms with van der Waals surface area (Å²) >= 11 is 3.57. The van der Waals surface area contributed by atoms with Gasteiger partial charge in [-0.05, 0) is 25.1 Å². The van der Waals surface area contributed by atoms with Crippen molar-refractivity contribution in [2.75, 3.05) is 25.1 Å². The van der Waals surface area contributed by atoms with Gasteiger partial charge in [0, 0.05) is 24.8 Å². The molecule has 4 nitrogen and oxygen atoms in total. The predicted molar refractivity (Wildman–Crippen MR) is 75.3 cm³/mol. The molecule has 2 atom stereocenters. The molecule has 1 aliphatic rings. The van der Waals surface area contributed by atoms with Crippen LogP contribution in [0.2, 0.25) is 0 Å². The average molecular weight is 313 g/mol. The van der Waals surface area contributed by atoms with Crippen LogP contribution in [0, 0.1) is 0 Å². The van der Waals surface area contributed by atoms with Crippen molar-refractivity contribution < 1.29 is 9.53 Å². The zero-order chi connectivity index (χ0) is 13.1.